The Hall–Kier alpha value is -3.41. The lowest BCUT2D eigenvalue weighted by atomic mass is 10.1. The molecule has 0 bridgehead atoms. The first-order valence-corrected chi connectivity index (χ1v) is 8.57. The number of benzene rings is 2. The zero-order valence-corrected chi connectivity index (χ0v) is 15.5. The number of para-hydroxylation sites is 2. The average Bonchev–Trinajstić information content (AvgIpc) is 2.66. The van der Waals surface area contributed by atoms with E-state index in [2.05, 4.69) is 10.4 Å². The lowest BCUT2D eigenvalue weighted by Crippen LogP contribution is -2.29. The number of nitrogens with one attached hydrogen (secondary N) is 1. The molecule has 0 fully saturated rings. The van der Waals surface area contributed by atoms with Crippen molar-refractivity contribution in [1.82, 2.24) is 9.78 Å². The summed E-state index contributed by atoms with van der Waals surface area (Å²) in [4.78, 5) is 24.6. The lowest BCUT2D eigenvalue weighted by molar-refractivity contribution is -0.117. The maximum absolute atomic E-state index is 12.5. The molecule has 0 spiro atoms. The van der Waals surface area contributed by atoms with Gasteiger partial charge in [0.05, 0.1) is 12.8 Å². The number of ether oxygens (including phenoxy) is 1. The highest BCUT2D eigenvalue weighted by molar-refractivity contribution is 5.92. The number of rotatable bonds is 5. The topological polar surface area (TPSA) is 73.2 Å². The molecule has 2 aromatic carbocycles. The Morgan fingerprint density at radius 1 is 1.04 bits per heavy atom. The van der Waals surface area contributed by atoms with Gasteiger partial charge in [0.25, 0.3) is 5.56 Å². The molecule has 3 aromatic rings. The van der Waals surface area contributed by atoms with Crippen LogP contribution in [0.4, 0.5) is 5.69 Å². The predicted octanol–water partition coefficient (Wildman–Crippen LogP) is 3.17. The molecule has 0 saturated heterocycles. The number of amides is 1. The quantitative estimate of drug-likeness (QED) is 0.756. The predicted molar refractivity (Wildman–Crippen MR) is 105 cm³/mol. The third-order valence-electron chi connectivity index (χ3n) is 4.29. The van der Waals surface area contributed by atoms with Crippen LogP contribution in [-0.4, -0.2) is 22.8 Å². The highest BCUT2D eigenvalue weighted by Gasteiger charge is 2.12. The molecule has 0 unspecified atom stereocenters. The first-order chi connectivity index (χ1) is 13.0. The highest BCUT2D eigenvalue weighted by Crippen LogP contribution is 2.27. The summed E-state index contributed by atoms with van der Waals surface area (Å²) >= 11 is 0. The summed E-state index contributed by atoms with van der Waals surface area (Å²) in [5, 5.41) is 7.21. The normalized spacial score (nSPS) is 10.5. The van der Waals surface area contributed by atoms with Crippen LogP contribution in [0.25, 0.3) is 11.3 Å². The molecule has 3 rings (SSSR count). The Labute approximate surface area is 157 Å². The average molecular weight is 363 g/mol. The second-order valence-electron chi connectivity index (χ2n) is 6.23. The third kappa shape index (κ3) is 4.06. The number of aromatic nitrogens is 2. The molecule has 1 N–H and O–H groups in total. The van der Waals surface area contributed by atoms with Crippen LogP contribution >= 0.6 is 0 Å². The van der Waals surface area contributed by atoms with Crippen LogP contribution in [0.3, 0.4) is 0 Å². The monoisotopic (exact) mass is 363 g/mol. The van der Waals surface area contributed by atoms with Crippen LogP contribution in [0.15, 0.2) is 59.4 Å². The van der Waals surface area contributed by atoms with Crippen LogP contribution in [-0.2, 0) is 11.3 Å². The summed E-state index contributed by atoms with van der Waals surface area (Å²) in [6.07, 6.45) is 0. The van der Waals surface area contributed by atoms with E-state index in [1.165, 1.54) is 6.07 Å². The van der Waals surface area contributed by atoms with Gasteiger partial charge in [-0.05, 0) is 43.2 Å². The molecule has 1 amide bonds. The smallest absolute Gasteiger partial charge is 0.267 e. The fraction of sp³-hybridized carbons (Fsp3) is 0.190. The summed E-state index contributed by atoms with van der Waals surface area (Å²) in [5.41, 5.74) is 3.66. The maximum atomic E-state index is 12.5. The summed E-state index contributed by atoms with van der Waals surface area (Å²) in [6.45, 7) is 3.68. The van der Waals surface area contributed by atoms with E-state index in [4.69, 9.17) is 4.74 Å². The van der Waals surface area contributed by atoms with Crippen molar-refractivity contribution >= 4 is 11.6 Å². The molecule has 6 nitrogen and oxygen atoms in total. The second-order valence-corrected chi connectivity index (χ2v) is 6.23. The summed E-state index contributed by atoms with van der Waals surface area (Å²) < 4.78 is 6.51. The molecule has 0 aliphatic heterocycles. The Kier molecular flexibility index (Phi) is 5.35. The summed E-state index contributed by atoms with van der Waals surface area (Å²) in [7, 11) is 1.58. The summed E-state index contributed by atoms with van der Waals surface area (Å²) in [6, 6.07) is 16.2. The van der Waals surface area contributed by atoms with E-state index in [1.807, 2.05) is 56.3 Å². The van der Waals surface area contributed by atoms with E-state index in [0.717, 1.165) is 27.1 Å². The number of carbonyl (C=O) groups excluding carboxylic acids is 1. The highest BCUT2D eigenvalue weighted by atomic mass is 16.5. The Morgan fingerprint density at radius 3 is 2.44 bits per heavy atom. The van der Waals surface area contributed by atoms with Crippen molar-refractivity contribution in [2.75, 3.05) is 12.4 Å². The zero-order valence-electron chi connectivity index (χ0n) is 15.5. The SMILES string of the molecule is COc1ccccc1-c1ccc(=O)n(CC(=O)Nc2c(C)cccc2C)n1. The minimum Gasteiger partial charge on any atom is -0.496 e. The van der Waals surface area contributed by atoms with Crippen molar-refractivity contribution < 1.29 is 9.53 Å². The second kappa shape index (κ2) is 7.86. The molecule has 0 saturated carbocycles. The molecular weight excluding hydrogens is 342 g/mol. The Balaban J connectivity index is 1.87. The van der Waals surface area contributed by atoms with E-state index in [0.29, 0.717) is 11.4 Å². The van der Waals surface area contributed by atoms with Gasteiger partial charge in [-0.2, -0.15) is 5.10 Å². The third-order valence-corrected chi connectivity index (χ3v) is 4.29. The molecule has 27 heavy (non-hydrogen) atoms. The standard InChI is InChI=1S/C21H21N3O3/c1-14-7-6-8-15(2)21(14)22-19(25)13-24-20(26)12-11-17(23-24)16-9-4-5-10-18(16)27-3/h4-12H,13H2,1-3H3,(H,22,25). The summed E-state index contributed by atoms with van der Waals surface area (Å²) in [5.74, 6) is 0.342. The van der Waals surface area contributed by atoms with E-state index in [-0.39, 0.29) is 18.0 Å². The van der Waals surface area contributed by atoms with Crippen LogP contribution in [0, 0.1) is 13.8 Å². The van der Waals surface area contributed by atoms with Gasteiger partial charge in [0, 0.05) is 17.3 Å². The van der Waals surface area contributed by atoms with Gasteiger partial charge in [-0.15, -0.1) is 0 Å². The molecule has 0 aliphatic rings. The minimum atomic E-state index is -0.342. The van der Waals surface area contributed by atoms with E-state index < -0.39 is 0 Å². The number of methoxy groups -OCH3 is 1. The van der Waals surface area contributed by atoms with E-state index in [1.54, 1.807) is 13.2 Å². The number of nitrogens with zero attached hydrogens (tertiary/aromatic N) is 2. The number of hydrogen-bond donors (Lipinski definition) is 1. The van der Waals surface area contributed by atoms with Gasteiger partial charge in [-0.25, -0.2) is 4.68 Å². The Bertz CT molecular complexity index is 1020. The zero-order chi connectivity index (χ0) is 19.4. The maximum Gasteiger partial charge on any atom is 0.267 e. The molecular formula is C21H21N3O3. The number of aryl methyl sites for hydroxylation is 2. The molecule has 0 aliphatic carbocycles. The number of carbonyl (C=O) groups is 1. The largest absolute Gasteiger partial charge is 0.496 e. The van der Waals surface area contributed by atoms with Crippen molar-refractivity contribution in [2.24, 2.45) is 0 Å². The van der Waals surface area contributed by atoms with Crippen LogP contribution in [0.2, 0.25) is 0 Å². The van der Waals surface area contributed by atoms with Crippen molar-refractivity contribution in [3.63, 3.8) is 0 Å². The molecule has 0 atom stereocenters. The van der Waals surface area contributed by atoms with Crippen LogP contribution < -0.4 is 15.6 Å². The fourth-order valence-electron chi connectivity index (χ4n) is 2.89. The van der Waals surface area contributed by atoms with Crippen molar-refractivity contribution in [1.29, 1.82) is 0 Å². The van der Waals surface area contributed by atoms with Gasteiger partial charge in [0.15, 0.2) is 0 Å². The first kappa shape index (κ1) is 18.4. The number of anilines is 1. The van der Waals surface area contributed by atoms with Gasteiger partial charge in [-0.3, -0.25) is 9.59 Å². The van der Waals surface area contributed by atoms with Gasteiger partial charge in [0.2, 0.25) is 5.91 Å². The van der Waals surface area contributed by atoms with Crippen LogP contribution in [0.5, 0.6) is 5.75 Å². The van der Waals surface area contributed by atoms with E-state index in [9.17, 15) is 9.59 Å². The Morgan fingerprint density at radius 2 is 1.74 bits per heavy atom. The minimum absolute atomic E-state index is 0.171. The lowest BCUT2D eigenvalue weighted by Gasteiger charge is -2.13. The molecule has 6 heteroatoms. The fourth-order valence-corrected chi connectivity index (χ4v) is 2.89. The van der Waals surface area contributed by atoms with Crippen molar-refractivity contribution in [3.05, 3.63) is 76.1 Å². The van der Waals surface area contributed by atoms with Crippen molar-refractivity contribution in [2.45, 2.75) is 20.4 Å². The number of hydrogen-bond acceptors (Lipinski definition) is 4. The molecule has 1 heterocycles. The van der Waals surface area contributed by atoms with Gasteiger partial charge in [0.1, 0.15) is 12.3 Å². The van der Waals surface area contributed by atoms with Gasteiger partial charge in [-0.1, -0.05) is 30.3 Å². The molecule has 138 valence electrons. The molecule has 0 radical (unpaired) electrons. The van der Waals surface area contributed by atoms with E-state index >= 15 is 0 Å². The molecule has 1 aromatic heterocycles. The van der Waals surface area contributed by atoms with Crippen molar-refractivity contribution in [3.8, 4) is 17.0 Å². The van der Waals surface area contributed by atoms with Gasteiger partial charge >= 0.3 is 0 Å². The van der Waals surface area contributed by atoms with Gasteiger partial charge < -0.3 is 10.1 Å². The first-order valence-electron chi connectivity index (χ1n) is 8.57. The van der Waals surface area contributed by atoms with Crippen LogP contribution in [0.1, 0.15) is 11.1 Å².